The first-order valence-corrected chi connectivity index (χ1v) is 6.65. The molecule has 5 heteroatoms. The molecule has 0 atom stereocenters. The molecular formula is C17H13N3O2. The molecule has 0 radical (unpaired) electrons. The van der Waals surface area contributed by atoms with Crippen molar-refractivity contribution in [3.63, 3.8) is 0 Å². The van der Waals surface area contributed by atoms with Crippen LogP contribution in [0.3, 0.4) is 0 Å². The van der Waals surface area contributed by atoms with Crippen molar-refractivity contribution in [2.45, 2.75) is 6.42 Å². The van der Waals surface area contributed by atoms with Gasteiger partial charge in [-0.1, -0.05) is 18.2 Å². The normalized spacial score (nSPS) is 10.5. The molecule has 108 valence electrons. The number of nitrogens with zero attached hydrogens (tertiary/aromatic N) is 3. The van der Waals surface area contributed by atoms with Crippen molar-refractivity contribution in [3.8, 4) is 12.1 Å². The molecule has 0 saturated heterocycles. The number of furan rings is 1. The molecule has 2 rings (SSSR count). The Morgan fingerprint density at radius 1 is 1.18 bits per heavy atom. The Bertz CT molecular complexity index is 734. The van der Waals surface area contributed by atoms with Crippen LogP contribution in [0.15, 0.2) is 58.7 Å². The van der Waals surface area contributed by atoms with Gasteiger partial charge in [0.05, 0.1) is 18.8 Å². The third kappa shape index (κ3) is 3.62. The van der Waals surface area contributed by atoms with Gasteiger partial charge >= 0.3 is 0 Å². The largest absolute Gasteiger partial charge is 0.465 e. The molecule has 0 saturated carbocycles. The fourth-order valence-electron chi connectivity index (χ4n) is 1.92. The molecule has 0 aliphatic heterocycles. The Labute approximate surface area is 128 Å². The van der Waals surface area contributed by atoms with Gasteiger partial charge in [-0.3, -0.25) is 4.79 Å². The summed E-state index contributed by atoms with van der Waals surface area (Å²) in [7, 11) is 0. The van der Waals surface area contributed by atoms with Crippen LogP contribution in [0, 0.1) is 22.7 Å². The third-order valence-corrected chi connectivity index (χ3v) is 2.94. The van der Waals surface area contributed by atoms with Crippen molar-refractivity contribution < 1.29 is 9.21 Å². The summed E-state index contributed by atoms with van der Waals surface area (Å²) in [4.78, 5) is 14.0. The number of anilines is 1. The average Bonchev–Trinajstić information content (AvgIpc) is 3.07. The summed E-state index contributed by atoms with van der Waals surface area (Å²) in [5.74, 6) is -0.0291. The van der Waals surface area contributed by atoms with Gasteiger partial charge in [-0.05, 0) is 24.3 Å². The summed E-state index contributed by atoms with van der Waals surface area (Å²) in [5.41, 5.74) is 0.597. The van der Waals surface area contributed by atoms with Crippen LogP contribution in [0.1, 0.15) is 12.2 Å². The Kier molecular flexibility index (Phi) is 5.12. The monoisotopic (exact) mass is 291 g/mol. The molecule has 5 nitrogen and oxygen atoms in total. The molecule has 0 unspecified atom stereocenters. The number of rotatable bonds is 5. The number of hydrogen-bond acceptors (Lipinski definition) is 4. The molecule has 0 aliphatic carbocycles. The summed E-state index contributed by atoms with van der Waals surface area (Å²) in [5, 5.41) is 18.0. The molecule has 22 heavy (non-hydrogen) atoms. The van der Waals surface area contributed by atoms with Gasteiger partial charge in [0.2, 0.25) is 0 Å². The van der Waals surface area contributed by atoms with Crippen LogP contribution in [0.25, 0.3) is 6.08 Å². The van der Waals surface area contributed by atoms with E-state index in [9.17, 15) is 10.1 Å². The number of hydrogen-bond donors (Lipinski definition) is 0. The molecule has 0 fully saturated rings. The molecule has 2 aromatic rings. The Morgan fingerprint density at radius 2 is 1.95 bits per heavy atom. The highest BCUT2D eigenvalue weighted by molar-refractivity contribution is 6.11. The van der Waals surface area contributed by atoms with Crippen molar-refractivity contribution in [1.82, 2.24) is 0 Å². The minimum atomic E-state index is -0.458. The van der Waals surface area contributed by atoms with Gasteiger partial charge < -0.3 is 9.32 Å². The second kappa shape index (κ2) is 7.47. The first-order valence-electron chi connectivity index (χ1n) is 6.65. The molecule has 1 aromatic carbocycles. The highest BCUT2D eigenvalue weighted by Gasteiger charge is 2.20. The van der Waals surface area contributed by atoms with E-state index in [1.165, 1.54) is 17.2 Å². The van der Waals surface area contributed by atoms with E-state index in [-0.39, 0.29) is 18.5 Å². The minimum Gasteiger partial charge on any atom is -0.465 e. The Hall–Kier alpha value is -3.31. The SMILES string of the molecule is N#CCCN(C(=O)C(C#N)=Cc1ccco1)c1ccccc1. The van der Waals surface area contributed by atoms with E-state index in [4.69, 9.17) is 9.68 Å². The number of amides is 1. The average molecular weight is 291 g/mol. The first-order chi connectivity index (χ1) is 10.8. The van der Waals surface area contributed by atoms with E-state index >= 15 is 0 Å². The maximum absolute atomic E-state index is 12.6. The number of carbonyl (C=O) groups excluding carboxylic acids is 1. The maximum atomic E-state index is 12.6. The highest BCUT2D eigenvalue weighted by Crippen LogP contribution is 2.18. The number of carbonyl (C=O) groups is 1. The van der Waals surface area contributed by atoms with Crippen molar-refractivity contribution in [2.24, 2.45) is 0 Å². The van der Waals surface area contributed by atoms with Crippen LogP contribution in [0.5, 0.6) is 0 Å². The quantitative estimate of drug-likeness (QED) is 0.626. The van der Waals surface area contributed by atoms with Gasteiger partial charge in [-0.15, -0.1) is 0 Å². The first kappa shape index (κ1) is 15.1. The fraction of sp³-hybridized carbons (Fsp3) is 0.118. The van der Waals surface area contributed by atoms with Crippen molar-refractivity contribution >= 4 is 17.7 Å². The second-order valence-corrected chi connectivity index (χ2v) is 4.39. The van der Waals surface area contributed by atoms with Gasteiger partial charge in [0, 0.05) is 18.3 Å². The van der Waals surface area contributed by atoms with Crippen molar-refractivity contribution in [1.29, 1.82) is 10.5 Å². The Balaban J connectivity index is 2.32. The standard InChI is InChI=1S/C17H13N3O2/c18-9-5-10-20(15-6-2-1-3-7-15)17(21)14(13-19)12-16-8-4-11-22-16/h1-4,6-8,11-12H,5,10H2. The number of nitriles is 2. The highest BCUT2D eigenvalue weighted by atomic mass is 16.3. The predicted molar refractivity (Wildman–Crippen MR) is 81.3 cm³/mol. The topological polar surface area (TPSA) is 81.0 Å². The van der Waals surface area contributed by atoms with Gasteiger partial charge in [0.15, 0.2) is 0 Å². The van der Waals surface area contributed by atoms with Crippen LogP contribution in [-0.4, -0.2) is 12.5 Å². The third-order valence-electron chi connectivity index (χ3n) is 2.94. The van der Waals surface area contributed by atoms with Crippen LogP contribution in [-0.2, 0) is 4.79 Å². The van der Waals surface area contributed by atoms with Crippen LogP contribution < -0.4 is 4.90 Å². The molecule has 0 spiro atoms. The molecule has 0 bridgehead atoms. The zero-order chi connectivity index (χ0) is 15.8. The minimum absolute atomic E-state index is 0.0447. The van der Waals surface area contributed by atoms with Crippen LogP contribution >= 0.6 is 0 Å². The maximum Gasteiger partial charge on any atom is 0.269 e. The zero-order valence-corrected chi connectivity index (χ0v) is 11.8. The number of para-hydroxylation sites is 1. The molecule has 1 aromatic heterocycles. The summed E-state index contributed by atoms with van der Waals surface area (Å²) in [6.07, 6.45) is 3.04. The molecule has 1 heterocycles. The summed E-state index contributed by atoms with van der Waals surface area (Å²) >= 11 is 0. The van der Waals surface area contributed by atoms with Crippen molar-refractivity contribution in [2.75, 3.05) is 11.4 Å². The van der Waals surface area contributed by atoms with Crippen LogP contribution in [0.2, 0.25) is 0 Å². The van der Waals surface area contributed by atoms with Gasteiger partial charge in [0.25, 0.3) is 5.91 Å². The lowest BCUT2D eigenvalue weighted by Crippen LogP contribution is -2.32. The zero-order valence-electron chi connectivity index (χ0n) is 11.8. The van der Waals surface area contributed by atoms with E-state index in [1.807, 2.05) is 18.2 Å². The lowest BCUT2D eigenvalue weighted by Gasteiger charge is -2.21. The molecular weight excluding hydrogens is 278 g/mol. The molecule has 1 amide bonds. The smallest absolute Gasteiger partial charge is 0.269 e. The lowest BCUT2D eigenvalue weighted by molar-refractivity contribution is -0.114. The summed E-state index contributed by atoms with van der Waals surface area (Å²) in [6, 6.07) is 16.2. The number of benzene rings is 1. The van der Waals surface area contributed by atoms with E-state index in [1.54, 1.807) is 36.4 Å². The van der Waals surface area contributed by atoms with Crippen LogP contribution in [0.4, 0.5) is 5.69 Å². The predicted octanol–water partition coefficient (Wildman–Crippen LogP) is 3.13. The lowest BCUT2D eigenvalue weighted by atomic mass is 10.2. The second-order valence-electron chi connectivity index (χ2n) is 4.39. The fourth-order valence-corrected chi connectivity index (χ4v) is 1.92. The van der Waals surface area contributed by atoms with E-state index in [0.717, 1.165) is 0 Å². The van der Waals surface area contributed by atoms with Gasteiger partial charge in [0.1, 0.15) is 17.4 Å². The van der Waals surface area contributed by atoms with E-state index in [2.05, 4.69) is 0 Å². The van der Waals surface area contributed by atoms with Gasteiger partial charge in [-0.2, -0.15) is 10.5 Å². The van der Waals surface area contributed by atoms with Crippen molar-refractivity contribution in [3.05, 3.63) is 60.1 Å². The summed E-state index contributed by atoms with van der Waals surface area (Å²) < 4.78 is 5.13. The van der Waals surface area contributed by atoms with E-state index in [0.29, 0.717) is 11.4 Å². The van der Waals surface area contributed by atoms with Gasteiger partial charge in [-0.25, -0.2) is 0 Å². The van der Waals surface area contributed by atoms with E-state index < -0.39 is 5.91 Å². The molecule has 0 N–H and O–H groups in total. The summed E-state index contributed by atoms with van der Waals surface area (Å²) in [6.45, 7) is 0.219. The molecule has 0 aliphatic rings. The Morgan fingerprint density at radius 3 is 2.55 bits per heavy atom.